The third kappa shape index (κ3) is 2.75. The van der Waals surface area contributed by atoms with Gasteiger partial charge in [-0.15, -0.1) is 16.4 Å². The molecule has 0 atom stereocenters. The Hall–Kier alpha value is -2.34. The normalized spacial score (nSPS) is 10.8. The Bertz CT molecular complexity index is 764. The van der Waals surface area contributed by atoms with Crippen LogP contribution in [-0.4, -0.2) is 15.2 Å². The van der Waals surface area contributed by atoms with Crippen molar-refractivity contribution in [1.82, 2.24) is 15.2 Å². The molecule has 5 nitrogen and oxygen atoms in total. The Labute approximate surface area is 127 Å². The highest BCUT2D eigenvalue weighted by molar-refractivity contribution is 7.15. The number of thiophene rings is 1. The first-order chi connectivity index (χ1) is 10.0. The summed E-state index contributed by atoms with van der Waals surface area (Å²) in [4.78, 5) is 6.67. The second-order valence-corrected chi connectivity index (χ2v) is 6.35. The van der Waals surface area contributed by atoms with Crippen LogP contribution in [0.1, 0.15) is 16.0 Å². The zero-order chi connectivity index (χ0) is 15.0. The van der Waals surface area contributed by atoms with E-state index in [1.54, 1.807) is 0 Å². The van der Waals surface area contributed by atoms with Gasteiger partial charge in [0.25, 0.3) is 0 Å². The zero-order valence-electron chi connectivity index (χ0n) is 12.2. The van der Waals surface area contributed by atoms with Gasteiger partial charge in [0, 0.05) is 15.4 Å². The van der Waals surface area contributed by atoms with E-state index in [2.05, 4.69) is 65.5 Å². The second kappa shape index (κ2) is 5.21. The first-order valence-electron chi connectivity index (χ1n) is 6.66. The number of anilines is 3. The van der Waals surface area contributed by atoms with Crippen molar-refractivity contribution in [3.05, 3.63) is 40.3 Å². The van der Waals surface area contributed by atoms with Crippen molar-refractivity contribution in [2.45, 2.75) is 20.8 Å². The number of aryl methyl sites for hydroxylation is 3. The lowest BCUT2D eigenvalue weighted by Crippen LogP contribution is -1.96. The van der Waals surface area contributed by atoms with Gasteiger partial charge in [-0.05, 0) is 61.7 Å². The number of hydrogen-bond acceptors (Lipinski definition) is 5. The fourth-order valence-corrected chi connectivity index (χ4v) is 3.50. The highest BCUT2D eigenvalue weighted by Gasteiger charge is 2.10. The quantitative estimate of drug-likeness (QED) is 0.687. The Morgan fingerprint density at radius 1 is 1.14 bits per heavy atom. The molecule has 0 unspecified atom stereocenters. The molecule has 0 bridgehead atoms. The summed E-state index contributed by atoms with van der Waals surface area (Å²) in [6, 6.07) is 8.54. The molecule has 0 fully saturated rings. The molecular formula is C15H17N5S. The average Bonchev–Trinajstić information content (AvgIpc) is 2.98. The van der Waals surface area contributed by atoms with Crippen molar-refractivity contribution >= 4 is 28.9 Å². The van der Waals surface area contributed by atoms with Crippen molar-refractivity contribution in [3.63, 3.8) is 0 Å². The van der Waals surface area contributed by atoms with Crippen molar-refractivity contribution in [2.75, 3.05) is 11.1 Å². The van der Waals surface area contributed by atoms with Crippen LogP contribution in [0.3, 0.4) is 0 Å². The van der Waals surface area contributed by atoms with Gasteiger partial charge >= 0.3 is 0 Å². The van der Waals surface area contributed by atoms with E-state index < -0.39 is 0 Å². The topological polar surface area (TPSA) is 79.6 Å². The minimum atomic E-state index is 0.302. The van der Waals surface area contributed by atoms with E-state index >= 15 is 0 Å². The standard InChI is InChI=1S/C15H17N5S/c1-8-6-11(17-15-18-14(16)19-20-15)7-9(2)13(8)12-5-4-10(3)21-12/h4-7H,1-3H3,(H4,16,17,18,19,20). The Balaban J connectivity index is 1.96. The lowest BCUT2D eigenvalue weighted by atomic mass is 10.0. The van der Waals surface area contributed by atoms with Gasteiger partial charge < -0.3 is 11.1 Å². The van der Waals surface area contributed by atoms with Gasteiger partial charge in [0.15, 0.2) is 0 Å². The van der Waals surface area contributed by atoms with E-state index in [1.165, 1.54) is 26.4 Å². The van der Waals surface area contributed by atoms with Gasteiger partial charge in [0.05, 0.1) is 0 Å². The van der Waals surface area contributed by atoms with Gasteiger partial charge in [-0.1, -0.05) is 0 Å². The number of benzene rings is 1. The molecule has 2 aromatic heterocycles. The van der Waals surface area contributed by atoms with Gasteiger partial charge in [-0.3, -0.25) is 0 Å². The van der Waals surface area contributed by atoms with Crippen LogP contribution in [0.5, 0.6) is 0 Å². The Kier molecular flexibility index (Phi) is 3.39. The Morgan fingerprint density at radius 3 is 2.38 bits per heavy atom. The highest BCUT2D eigenvalue weighted by Crippen LogP contribution is 2.35. The van der Waals surface area contributed by atoms with E-state index in [1.807, 2.05) is 11.3 Å². The number of rotatable bonds is 3. The number of nitrogens with one attached hydrogen (secondary N) is 2. The van der Waals surface area contributed by atoms with Crippen LogP contribution >= 0.6 is 11.3 Å². The molecule has 108 valence electrons. The highest BCUT2D eigenvalue weighted by atomic mass is 32.1. The molecular weight excluding hydrogens is 282 g/mol. The summed E-state index contributed by atoms with van der Waals surface area (Å²) >= 11 is 1.82. The maximum Gasteiger partial charge on any atom is 0.248 e. The molecule has 0 radical (unpaired) electrons. The number of aromatic amines is 1. The van der Waals surface area contributed by atoms with E-state index in [-0.39, 0.29) is 0 Å². The molecule has 0 amide bonds. The summed E-state index contributed by atoms with van der Waals surface area (Å²) in [5, 5.41) is 9.76. The maximum atomic E-state index is 5.53. The van der Waals surface area contributed by atoms with Gasteiger partial charge in [-0.25, -0.2) is 5.10 Å². The van der Waals surface area contributed by atoms with Crippen LogP contribution in [0.2, 0.25) is 0 Å². The predicted molar refractivity (Wildman–Crippen MR) is 88.0 cm³/mol. The molecule has 0 spiro atoms. The second-order valence-electron chi connectivity index (χ2n) is 5.06. The van der Waals surface area contributed by atoms with E-state index in [9.17, 15) is 0 Å². The minimum Gasteiger partial charge on any atom is -0.368 e. The van der Waals surface area contributed by atoms with Crippen LogP contribution in [-0.2, 0) is 0 Å². The molecule has 0 aliphatic carbocycles. The van der Waals surface area contributed by atoms with Crippen LogP contribution in [0.25, 0.3) is 10.4 Å². The first-order valence-corrected chi connectivity index (χ1v) is 7.47. The molecule has 0 aliphatic heterocycles. The maximum absolute atomic E-state index is 5.53. The summed E-state index contributed by atoms with van der Waals surface area (Å²) < 4.78 is 0. The van der Waals surface area contributed by atoms with E-state index in [4.69, 9.17) is 5.73 Å². The summed E-state index contributed by atoms with van der Waals surface area (Å²) in [5.41, 5.74) is 10.2. The van der Waals surface area contributed by atoms with E-state index in [0.29, 0.717) is 11.9 Å². The number of nitrogens with two attached hydrogens (primary N) is 1. The lowest BCUT2D eigenvalue weighted by Gasteiger charge is -2.11. The first kappa shape index (κ1) is 13.6. The molecule has 6 heteroatoms. The number of H-pyrrole nitrogens is 1. The summed E-state index contributed by atoms with van der Waals surface area (Å²) in [7, 11) is 0. The molecule has 1 aromatic carbocycles. The summed E-state index contributed by atoms with van der Waals surface area (Å²) in [6.45, 7) is 6.37. The van der Waals surface area contributed by atoms with E-state index in [0.717, 1.165) is 5.69 Å². The van der Waals surface area contributed by atoms with Gasteiger partial charge in [0.1, 0.15) is 0 Å². The molecule has 4 N–H and O–H groups in total. The number of nitrogens with zero attached hydrogens (tertiary/aromatic N) is 2. The summed E-state index contributed by atoms with van der Waals surface area (Å²) in [5.74, 6) is 0.780. The number of hydrogen-bond donors (Lipinski definition) is 3. The van der Waals surface area contributed by atoms with Crippen molar-refractivity contribution in [3.8, 4) is 10.4 Å². The molecule has 2 heterocycles. The number of nitrogen functional groups attached to an aromatic ring is 1. The van der Waals surface area contributed by atoms with Gasteiger partial charge in [0.2, 0.25) is 11.9 Å². The van der Waals surface area contributed by atoms with Crippen LogP contribution in [0.4, 0.5) is 17.6 Å². The van der Waals surface area contributed by atoms with Crippen molar-refractivity contribution in [1.29, 1.82) is 0 Å². The van der Waals surface area contributed by atoms with Crippen LogP contribution in [0, 0.1) is 20.8 Å². The third-order valence-electron chi connectivity index (χ3n) is 3.28. The molecule has 3 rings (SSSR count). The molecule has 0 saturated heterocycles. The molecule has 0 aliphatic rings. The summed E-state index contributed by atoms with van der Waals surface area (Å²) in [6.07, 6.45) is 0. The van der Waals surface area contributed by atoms with Gasteiger partial charge in [-0.2, -0.15) is 4.98 Å². The SMILES string of the molecule is Cc1ccc(-c2c(C)cc(Nc3n[nH]c(N)n3)cc2C)s1. The lowest BCUT2D eigenvalue weighted by molar-refractivity contribution is 1.10. The third-order valence-corrected chi connectivity index (χ3v) is 4.30. The minimum absolute atomic E-state index is 0.302. The largest absolute Gasteiger partial charge is 0.368 e. The smallest absolute Gasteiger partial charge is 0.248 e. The Morgan fingerprint density at radius 2 is 1.86 bits per heavy atom. The van der Waals surface area contributed by atoms with Crippen molar-refractivity contribution in [2.24, 2.45) is 0 Å². The van der Waals surface area contributed by atoms with Crippen LogP contribution in [0.15, 0.2) is 24.3 Å². The predicted octanol–water partition coefficient (Wildman–Crippen LogP) is 3.78. The fourth-order valence-electron chi connectivity index (χ4n) is 2.45. The number of aromatic nitrogens is 3. The fraction of sp³-hybridized carbons (Fsp3) is 0.200. The zero-order valence-corrected chi connectivity index (χ0v) is 13.0. The molecule has 21 heavy (non-hydrogen) atoms. The van der Waals surface area contributed by atoms with Crippen molar-refractivity contribution < 1.29 is 0 Å². The molecule has 3 aromatic rings. The monoisotopic (exact) mass is 299 g/mol. The average molecular weight is 299 g/mol. The molecule has 0 saturated carbocycles. The van der Waals surface area contributed by atoms with Crippen LogP contribution < -0.4 is 11.1 Å².